The molecule has 2 N–H and O–H groups in total. The van der Waals surface area contributed by atoms with Crippen LogP contribution in [0.2, 0.25) is 0 Å². The van der Waals surface area contributed by atoms with E-state index in [1.54, 1.807) is 40.4 Å². The zero-order valence-corrected chi connectivity index (χ0v) is 13.6. The minimum Gasteiger partial charge on any atom is -0.496 e. The van der Waals surface area contributed by atoms with Gasteiger partial charge >= 0.3 is 0 Å². The Kier molecular flexibility index (Phi) is 3.58. The smallest absolute Gasteiger partial charge is 0.235 e. The summed E-state index contributed by atoms with van der Waals surface area (Å²) < 4.78 is 16.1. The average Bonchev–Trinajstić information content (AvgIpc) is 2.51. The van der Waals surface area contributed by atoms with Crippen LogP contribution in [0, 0.1) is 5.92 Å². The highest BCUT2D eigenvalue weighted by Crippen LogP contribution is 2.46. The van der Waals surface area contributed by atoms with Gasteiger partial charge in [-0.25, -0.2) is 0 Å². The summed E-state index contributed by atoms with van der Waals surface area (Å²) in [5.41, 5.74) is 0.0252. The summed E-state index contributed by atoms with van der Waals surface area (Å²) in [6, 6.07) is 3.50. The van der Waals surface area contributed by atoms with Gasteiger partial charge in [0.15, 0.2) is 11.5 Å². The highest BCUT2D eigenvalue weighted by Gasteiger charge is 2.53. The summed E-state index contributed by atoms with van der Waals surface area (Å²) in [6.07, 6.45) is 0.584. The predicted octanol–water partition coefficient (Wildman–Crippen LogP) is 0.778. The number of rotatable bonds is 4. The SMILES string of the molecule is COc1cc(OC)c(C2CC3(C)NC(=O)C2C(=O)N3)cc1OC. The first-order chi connectivity index (χ1) is 10.9. The Morgan fingerprint density at radius 2 is 1.48 bits per heavy atom. The molecular formula is C16H20N2O5. The van der Waals surface area contributed by atoms with Crippen LogP contribution in [0.25, 0.3) is 0 Å². The highest BCUT2D eigenvalue weighted by molar-refractivity contribution is 6.05. The first kappa shape index (κ1) is 15.5. The lowest BCUT2D eigenvalue weighted by atomic mass is 9.72. The maximum absolute atomic E-state index is 12.3. The van der Waals surface area contributed by atoms with E-state index in [2.05, 4.69) is 10.6 Å². The maximum Gasteiger partial charge on any atom is 0.235 e. The second-order valence-corrected chi connectivity index (χ2v) is 6.05. The van der Waals surface area contributed by atoms with Crippen LogP contribution >= 0.6 is 0 Å². The van der Waals surface area contributed by atoms with Gasteiger partial charge in [-0.15, -0.1) is 0 Å². The van der Waals surface area contributed by atoms with Crippen LogP contribution in [0.1, 0.15) is 24.8 Å². The van der Waals surface area contributed by atoms with Crippen molar-refractivity contribution in [2.75, 3.05) is 21.3 Å². The van der Waals surface area contributed by atoms with Gasteiger partial charge in [0, 0.05) is 17.5 Å². The average molecular weight is 320 g/mol. The molecule has 2 amide bonds. The quantitative estimate of drug-likeness (QED) is 0.801. The third-order valence-corrected chi connectivity index (χ3v) is 4.53. The van der Waals surface area contributed by atoms with Gasteiger partial charge in [0.2, 0.25) is 11.8 Å². The van der Waals surface area contributed by atoms with E-state index in [0.717, 1.165) is 5.56 Å². The fourth-order valence-electron chi connectivity index (χ4n) is 3.51. The van der Waals surface area contributed by atoms with E-state index >= 15 is 0 Å². The number of methoxy groups -OCH3 is 3. The molecule has 0 aromatic heterocycles. The summed E-state index contributed by atoms with van der Waals surface area (Å²) in [5, 5.41) is 5.69. The molecule has 0 radical (unpaired) electrons. The van der Waals surface area contributed by atoms with Gasteiger partial charge in [0.1, 0.15) is 17.3 Å². The Morgan fingerprint density at radius 3 is 1.96 bits per heavy atom. The lowest BCUT2D eigenvalue weighted by Crippen LogP contribution is -2.72. The summed E-state index contributed by atoms with van der Waals surface area (Å²) >= 11 is 0. The second kappa shape index (κ2) is 5.33. The molecule has 124 valence electrons. The molecule has 1 aromatic carbocycles. The second-order valence-electron chi connectivity index (χ2n) is 6.05. The van der Waals surface area contributed by atoms with Crippen LogP contribution in [0.3, 0.4) is 0 Å². The number of amides is 2. The number of carbonyl (C=O) groups is 2. The molecule has 3 fully saturated rings. The number of nitrogens with one attached hydrogen (secondary N) is 2. The molecule has 2 bridgehead atoms. The fraction of sp³-hybridized carbons (Fsp3) is 0.500. The van der Waals surface area contributed by atoms with Crippen LogP contribution < -0.4 is 24.8 Å². The summed E-state index contributed by atoms with van der Waals surface area (Å²) in [5.74, 6) is 0.0732. The number of piperidine rings is 2. The van der Waals surface area contributed by atoms with E-state index in [9.17, 15) is 9.59 Å². The lowest BCUT2D eigenvalue weighted by Gasteiger charge is -2.48. The summed E-state index contributed by atoms with van der Waals surface area (Å²) in [7, 11) is 4.64. The molecule has 1 aromatic rings. The van der Waals surface area contributed by atoms with Gasteiger partial charge < -0.3 is 24.8 Å². The monoisotopic (exact) mass is 320 g/mol. The van der Waals surface area contributed by atoms with E-state index < -0.39 is 11.6 Å². The van der Waals surface area contributed by atoms with Crippen LogP contribution in [-0.2, 0) is 9.59 Å². The van der Waals surface area contributed by atoms with E-state index in [1.165, 1.54) is 0 Å². The minimum absolute atomic E-state index is 0.260. The fourth-order valence-corrected chi connectivity index (χ4v) is 3.51. The third kappa shape index (κ3) is 2.36. The molecule has 1 unspecified atom stereocenters. The molecule has 3 aliphatic rings. The van der Waals surface area contributed by atoms with Gasteiger partial charge in [-0.05, 0) is 19.4 Å². The van der Waals surface area contributed by atoms with Crippen LogP contribution in [0.5, 0.6) is 17.2 Å². The molecule has 7 nitrogen and oxygen atoms in total. The first-order valence-corrected chi connectivity index (χ1v) is 7.36. The van der Waals surface area contributed by atoms with Crippen molar-refractivity contribution in [2.24, 2.45) is 5.92 Å². The minimum atomic E-state index is -0.774. The van der Waals surface area contributed by atoms with Gasteiger partial charge in [-0.1, -0.05) is 0 Å². The number of benzene rings is 1. The number of hydrogen-bond acceptors (Lipinski definition) is 5. The number of fused-ring (bicyclic) bond motifs is 3. The molecule has 4 rings (SSSR count). The van der Waals surface area contributed by atoms with Gasteiger partial charge in [-0.3, -0.25) is 9.59 Å². The molecule has 7 heteroatoms. The lowest BCUT2D eigenvalue weighted by molar-refractivity contribution is -0.149. The molecule has 1 atom stereocenters. The topological polar surface area (TPSA) is 85.9 Å². The largest absolute Gasteiger partial charge is 0.496 e. The van der Waals surface area contributed by atoms with Crippen molar-refractivity contribution in [1.82, 2.24) is 10.6 Å². The summed E-state index contributed by atoms with van der Waals surface area (Å²) in [6.45, 7) is 1.80. The van der Waals surface area contributed by atoms with E-state index in [-0.39, 0.29) is 17.7 Å². The van der Waals surface area contributed by atoms with Crippen molar-refractivity contribution in [3.63, 3.8) is 0 Å². The van der Waals surface area contributed by atoms with Gasteiger partial charge in [0.25, 0.3) is 0 Å². The molecule has 0 saturated carbocycles. The van der Waals surface area contributed by atoms with E-state index in [0.29, 0.717) is 23.7 Å². The Hall–Kier alpha value is -2.44. The molecule has 23 heavy (non-hydrogen) atoms. The Labute approximate surface area is 134 Å². The molecule has 3 heterocycles. The molecule has 0 spiro atoms. The number of carbonyl (C=O) groups excluding carboxylic acids is 2. The summed E-state index contributed by atoms with van der Waals surface area (Å²) in [4.78, 5) is 24.5. The van der Waals surface area contributed by atoms with Gasteiger partial charge in [-0.2, -0.15) is 0 Å². The van der Waals surface area contributed by atoms with Crippen LogP contribution in [0.4, 0.5) is 0 Å². The zero-order chi connectivity index (χ0) is 16.8. The van der Waals surface area contributed by atoms with E-state index in [1.807, 2.05) is 0 Å². The molecular weight excluding hydrogens is 300 g/mol. The van der Waals surface area contributed by atoms with Crippen molar-refractivity contribution in [3.05, 3.63) is 17.7 Å². The normalized spacial score (nSPS) is 28.9. The molecule has 0 aliphatic carbocycles. The standard InChI is InChI=1S/C16H20N2O5/c1-16-7-9(13(14(19)17-16)15(20)18-16)8-5-11(22-3)12(23-4)6-10(8)21-2/h5-6,9,13H,7H2,1-4H3,(H,17,19)(H,18,20). The predicted molar refractivity (Wildman–Crippen MR) is 81.6 cm³/mol. The Bertz CT molecular complexity index is 655. The maximum atomic E-state index is 12.3. The highest BCUT2D eigenvalue weighted by atomic mass is 16.5. The van der Waals surface area contributed by atoms with Crippen molar-refractivity contribution < 1.29 is 23.8 Å². The number of hydrogen-bond donors (Lipinski definition) is 2. The zero-order valence-electron chi connectivity index (χ0n) is 13.6. The van der Waals surface area contributed by atoms with Crippen molar-refractivity contribution >= 4 is 11.8 Å². The van der Waals surface area contributed by atoms with Crippen LogP contribution in [-0.4, -0.2) is 38.8 Å². The van der Waals surface area contributed by atoms with E-state index in [4.69, 9.17) is 14.2 Å². The molecule has 3 aliphatic heterocycles. The van der Waals surface area contributed by atoms with Crippen molar-refractivity contribution in [2.45, 2.75) is 24.9 Å². The Balaban J connectivity index is 2.11. The molecule has 3 saturated heterocycles. The van der Waals surface area contributed by atoms with Crippen molar-refractivity contribution in [1.29, 1.82) is 0 Å². The van der Waals surface area contributed by atoms with Crippen LogP contribution in [0.15, 0.2) is 12.1 Å². The first-order valence-electron chi connectivity index (χ1n) is 7.36. The van der Waals surface area contributed by atoms with Crippen molar-refractivity contribution in [3.8, 4) is 17.2 Å². The Morgan fingerprint density at radius 1 is 0.957 bits per heavy atom. The number of ether oxygens (including phenoxy) is 3. The van der Waals surface area contributed by atoms with Gasteiger partial charge in [0.05, 0.1) is 21.3 Å². The third-order valence-electron chi connectivity index (χ3n) is 4.53.